The van der Waals surface area contributed by atoms with Crippen molar-refractivity contribution >= 4 is 11.7 Å². The van der Waals surface area contributed by atoms with E-state index >= 15 is 0 Å². The molecule has 0 fully saturated rings. The van der Waals surface area contributed by atoms with E-state index in [1.807, 2.05) is 0 Å². The first-order valence-electron chi connectivity index (χ1n) is 4.63. The maximum atomic E-state index is 10.6. The zero-order chi connectivity index (χ0) is 12.0. The van der Waals surface area contributed by atoms with Crippen LogP contribution in [0.3, 0.4) is 0 Å². The van der Waals surface area contributed by atoms with Crippen LogP contribution >= 0.6 is 0 Å². The zero-order valence-electron chi connectivity index (χ0n) is 8.46. The average Bonchev–Trinajstić information content (AvgIpc) is 2.24. The van der Waals surface area contributed by atoms with Gasteiger partial charge in [0.1, 0.15) is 6.61 Å². The molecule has 0 aliphatic carbocycles. The van der Waals surface area contributed by atoms with Gasteiger partial charge >= 0.3 is 5.97 Å². The van der Waals surface area contributed by atoms with Gasteiger partial charge in [-0.15, -0.1) is 0 Å². The molecule has 1 aromatic carbocycles. The molecule has 0 spiro atoms. The number of hydrogen-bond donors (Lipinski definition) is 1. The van der Waals surface area contributed by atoms with Crippen molar-refractivity contribution in [1.82, 2.24) is 0 Å². The van der Waals surface area contributed by atoms with Crippen molar-refractivity contribution in [1.29, 1.82) is 0 Å². The highest BCUT2D eigenvalue weighted by atomic mass is 16.6. The van der Waals surface area contributed by atoms with E-state index in [0.717, 1.165) is 0 Å². The minimum absolute atomic E-state index is 0.0291. The van der Waals surface area contributed by atoms with E-state index in [1.54, 1.807) is 18.2 Å². The molecule has 0 heterocycles. The van der Waals surface area contributed by atoms with Crippen LogP contribution in [0.25, 0.3) is 0 Å². The van der Waals surface area contributed by atoms with Crippen molar-refractivity contribution in [2.75, 3.05) is 13.2 Å². The van der Waals surface area contributed by atoms with E-state index in [9.17, 15) is 14.9 Å². The molecule has 0 aliphatic rings. The molecule has 1 rings (SSSR count). The summed E-state index contributed by atoms with van der Waals surface area (Å²) in [6, 6.07) is 6.31. The molecule has 0 unspecified atom stereocenters. The zero-order valence-corrected chi connectivity index (χ0v) is 8.46. The fraction of sp³-hybridized carbons (Fsp3) is 0.300. The van der Waals surface area contributed by atoms with Crippen LogP contribution in [0.5, 0.6) is 0 Å². The first-order valence-corrected chi connectivity index (χ1v) is 4.63. The van der Waals surface area contributed by atoms with Gasteiger partial charge in [0.25, 0.3) is 5.69 Å². The number of hydrogen-bond acceptors (Lipinski definition) is 4. The number of benzene rings is 1. The Balaban J connectivity index is 2.53. The summed E-state index contributed by atoms with van der Waals surface area (Å²) in [5.74, 6) is -1.05. The predicted octanol–water partition coefficient (Wildman–Crippen LogP) is 1.24. The smallest absolute Gasteiger partial charge is 0.329 e. The normalized spacial score (nSPS) is 10.0. The second-order valence-corrected chi connectivity index (χ2v) is 3.08. The van der Waals surface area contributed by atoms with E-state index in [2.05, 4.69) is 0 Å². The number of nitrogens with zero attached hydrogens (tertiary/aromatic N) is 1. The largest absolute Gasteiger partial charge is 0.480 e. The lowest BCUT2D eigenvalue weighted by Crippen LogP contribution is -2.09. The third-order valence-electron chi connectivity index (χ3n) is 1.93. The first-order chi connectivity index (χ1) is 7.61. The summed E-state index contributed by atoms with van der Waals surface area (Å²) < 4.78 is 4.81. The standard InChI is InChI=1S/C10H11NO5/c12-10(13)7-16-6-5-8-3-1-2-4-9(8)11(14)15/h1-4H,5-7H2,(H,12,13). The highest BCUT2D eigenvalue weighted by molar-refractivity contribution is 5.67. The molecule has 86 valence electrons. The highest BCUT2D eigenvalue weighted by Gasteiger charge is 2.11. The van der Waals surface area contributed by atoms with Gasteiger partial charge in [-0.25, -0.2) is 4.79 Å². The Bertz CT molecular complexity index is 391. The Labute approximate surface area is 91.6 Å². The molecule has 6 nitrogen and oxygen atoms in total. The van der Waals surface area contributed by atoms with Gasteiger partial charge in [-0.1, -0.05) is 18.2 Å². The van der Waals surface area contributed by atoms with Gasteiger partial charge < -0.3 is 9.84 Å². The fourth-order valence-electron chi connectivity index (χ4n) is 1.24. The number of carbonyl (C=O) groups is 1. The SMILES string of the molecule is O=C(O)COCCc1ccccc1[N+](=O)[O-]. The Morgan fingerprint density at radius 3 is 2.75 bits per heavy atom. The monoisotopic (exact) mass is 225 g/mol. The molecule has 1 aromatic rings. The Morgan fingerprint density at radius 1 is 1.44 bits per heavy atom. The summed E-state index contributed by atoms with van der Waals surface area (Å²) in [6.07, 6.45) is 0.324. The van der Waals surface area contributed by atoms with Crippen molar-refractivity contribution in [3.05, 3.63) is 39.9 Å². The van der Waals surface area contributed by atoms with Crippen molar-refractivity contribution in [3.8, 4) is 0 Å². The summed E-state index contributed by atoms with van der Waals surface area (Å²) >= 11 is 0. The van der Waals surface area contributed by atoms with Crippen molar-refractivity contribution < 1.29 is 19.6 Å². The fourth-order valence-corrected chi connectivity index (χ4v) is 1.24. The third-order valence-corrected chi connectivity index (χ3v) is 1.93. The number of nitro benzene ring substituents is 1. The lowest BCUT2D eigenvalue weighted by atomic mass is 10.1. The van der Waals surface area contributed by atoms with E-state index in [-0.39, 0.29) is 18.9 Å². The molecule has 0 aromatic heterocycles. The number of nitro groups is 1. The van der Waals surface area contributed by atoms with Gasteiger partial charge in [0.15, 0.2) is 0 Å². The summed E-state index contributed by atoms with van der Waals surface area (Å²) in [7, 11) is 0. The number of rotatable bonds is 6. The molecule has 0 aliphatic heterocycles. The summed E-state index contributed by atoms with van der Waals surface area (Å²) in [5, 5.41) is 19.0. The third kappa shape index (κ3) is 3.66. The number of carboxylic acid groups (broad SMARTS) is 1. The molecule has 0 radical (unpaired) electrons. The summed E-state index contributed by atoms with van der Waals surface area (Å²) in [5.41, 5.74) is 0.569. The topological polar surface area (TPSA) is 89.7 Å². The number of carboxylic acids is 1. The minimum atomic E-state index is -1.05. The summed E-state index contributed by atoms with van der Waals surface area (Å²) in [4.78, 5) is 20.3. The number of para-hydroxylation sites is 1. The maximum absolute atomic E-state index is 10.6. The molecular weight excluding hydrogens is 214 g/mol. The molecule has 0 saturated carbocycles. The number of ether oxygens (including phenoxy) is 1. The van der Waals surface area contributed by atoms with Crippen LogP contribution in [0.4, 0.5) is 5.69 Å². The van der Waals surface area contributed by atoms with Crippen LogP contribution in [0.15, 0.2) is 24.3 Å². The molecular formula is C10H11NO5. The Hall–Kier alpha value is -1.95. The summed E-state index contributed by atoms with van der Waals surface area (Å²) in [6.45, 7) is -0.238. The van der Waals surface area contributed by atoms with E-state index in [0.29, 0.717) is 12.0 Å². The lowest BCUT2D eigenvalue weighted by molar-refractivity contribution is -0.385. The van der Waals surface area contributed by atoms with Gasteiger partial charge in [-0.2, -0.15) is 0 Å². The highest BCUT2D eigenvalue weighted by Crippen LogP contribution is 2.17. The predicted molar refractivity (Wildman–Crippen MR) is 55.3 cm³/mol. The minimum Gasteiger partial charge on any atom is -0.480 e. The van der Waals surface area contributed by atoms with Crippen LogP contribution in [0, 0.1) is 10.1 Å². The van der Waals surface area contributed by atoms with Crippen LogP contribution in [0.2, 0.25) is 0 Å². The average molecular weight is 225 g/mol. The van der Waals surface area contributed by atoms with Gasteiger partial charge in [0, 0.05) is 18.1 Å². The van der Waals surface area contributed by atoms with Gasteiger partial charge in [-0.05, 0) is 0 Å². The van der Waals surface area contributed by atoms with Crippen molar-refractivity contribution in [2.45, 2.75) is 6.42 Å². The molecule has 0 atom stereocenters. The van der Waals surface area contributed by atoms with E-state index < -0.39 is 10.9 Å². The Morgan fingerprint density at radius 2 is 2.12 bits per heavy atom. The second-order valence-electron chi connectivity index (χ2n) is 3.08. The Kier molecular flexibility index (Phi) is 4.41. The van der Waals surface area contributed by atoms with E-state index in [4.69, 9.17) is 9.84 Å². The van der Waals surface area contributed by atoms with Crippen molar-refractivity contribution in [2.24, 2.45) is 0 Å². The van der Waals surface area contributed by atoms with Crippen LogP contribution in [0.1, 0.15) is 5.56 Å². The maximum Gasteiger partial charge on any atom is 0.329 e. The molecule has 1 N–H and O–H groups in total. The molecule has 0 amide bonds. The first kappa shape index (κ1) is 12.1. The molecule has 0 bridgehead atoms. The van der Waals surface area contributed by atoms with Gasteiger partial charge in [0.2, 0.25) is 0 Å². The van der Waals surface area contributed by atoms with Gasteiger partial charge in [0.05, 0.1) is 11.5 Å². The molecule has 16 heavy (non-hydrogen) atoms. The lowest BCUT2D eigenvalue weighted by Gasteiger charge is -2.02. The second kappa shape index (κ2) is 5.82. The van der Waals surface area contributed by atoms with Crippen molar-refractivity contribution in [3.63, 3.8) is 0 Å². The van der Waals surface area contributed by atoms with Gasteiger partial charge in [-0.3, -0.25) is 10.1 Å². The van der Waals surface area contributed by atoms with Crippen LogP contribution in [-0.2, 0) is 16.0 Å². The molecule has 0 saturated heterocycles. The number of aliphatic carboxylic acids is 1. The van der Waals surface area contributed by atoms with E-state index in [1.165, 1.54) is 6.07 Å². The van der Waals surface area contributed by atoms with Crippen LogP contribution in [-0.4, -0.2) is 29.2 Å². The van der Waals surface area contributed by atoms with Crippen LogP contribution < -0.4 is 0 Å². The molecule has 6 heteroatoms. The quantitative estimate of drug-likeness (QED) is 0.447.